The van der Waals surface area contributed by atoms with Gasteiger partial charge in [-0.2, -0.15) is 0 Å². The minimum Gasteiger partial charge on any atom is -0.462 e. The van der Waals surface area contributed by atoms with Crippen LogP contribution in [0, 0.1) is 0 Å². The molecule has 0 unspecified atom stereocenters. The summed E-state index contributed by atoms with van der Waals surface area (Å²) in [6, 6.07) is 5.74. The van der Waals surface area contributed by atoms with Crippen molar-refractivity contribution in [1.82, 2.24) is 0 Å². The van der Waals surface area contributed by atoms with E-state index in [2.05, 4.69) is 5.32 Å². The number of fused-ring (bicyclic) bond motifs is 2. The maximum Gasteiger partial charge on any atom is 0.341 e. The molecule has 0 saturated carbocycles. The zero-order chi connectivity index (χ0) is 19.8. The van der Waals surface area contributed by atoms with Crippen LogP contribution in [0.3, 0.4) is 0 Å². The van der Waals surface area contributed by atoms with Crippen molar-refractivity contribution < 1.29 is 18.7 Å². The number of benzene rings is 1. The summed E-state index contributed by atoms with van der Waals surface area (Å²) >= 11 is 7.27. The lowest BCUT2D eigenvalue weighted by Gasteiger charge is -2.08. The topological polar surface area (TPSA) is 85.6 Å². The van der Waals surface area contributed by atoms with Crippen LogP contribution in [0.15, 0.2) is 33.5 Å². The van der Waals surface area contributed by atoms with Crippen LogP contribution in [-0.4, -0.2) is 18.5 Å². The second kappa shape index (κ2) is 7.41. The Morgan fingerprint density at radius 1 is 1.29 bits per heavy atom. The van der Waals surface area contributed by atoms with Gasteiger partial charge in [-0.15, -0.1) is 11.3 Å². The largest absolute Gasteiger partial charge is 0.462 e. The lowest BCUT2D eigenvalue weighted by atomic mass is 10.1. The first-order valence-corrected chi connectivity index (χ1v) is 10.0. The molecule has 1 aliphatic carbocycles. The Morgan fingerprint density at radius 3 is 2.89 bits per heavy atom. The molecule has 1 aliphatic rings. The van der Waals surface area contributed by atoms with Crippen molar-refractivity contribution in [2.24, 2.45) is 0 Å². The predicted octanol–water partition coefficient (Wildman–Crippen LogP) is 4.43. The van der Waals surface area contributed by atoms with Crippen molar-refractivity contribution in [3.05, 3.63) is 61.3 Å². The fourth-order valence-electron chi connectivity index (χ4n) is 3.32. The second-order valence-electron chi connectivity index (χ2n) is 6.35. The van der Waals surface area contributed by atoms with Crippen LogP contribution in [0.4, 0.5) is 5.00 Å². The smallest absolute Gasteiger partial charge is 0.341 e. The molecular formula is C20H16ClNO5S. The maximum absolute atomic E-state index is 12.7. The van der Waals surface area contributed by atoms with E-state index in [1.54, 1.807) is 19.1 Å². The normalized spacial score (nSPS) is 12.8. The lowest BCUT2D eigenvalue weighted by Crippen LogP contribution is -2.17. The lowest BCUT2D eigenvalue weighted by molar-refractivity contribution is 0.0527. The van der Waals surface area contributed by atoms with E-state index in [1.165, 1.54) is 17.4 Å². The summed E-state index contributed by atoms with van der Waals surface area (Å²) in [4.78, 5) is 38.5. The van der Waals surface area contributed by atoms with Gasteiger partial charge in [0, 0.05) is 16.0 Å². The van der Waals surface area contributed by atoms with Gasteiger partial charge >= 0.3 is 5.97 Å². The Bertz CT molecular complexity index is 1160. The Hall–Kier alpha value is -2.64. The van der Waals surface area contributed by atoms with Crippen LogP contribution in [0.1, 0.15) is 44.7 Å². The SMILES string of the molecule is CCOC(=O)c1c(NC(=O)c2cc(=O)c3cc(Cl)ccc3o2)sc2c1CCC2. The molecule has 4 rings (SSSR count). The molecule has 1 aromatic carbocycles. The minimum atomic E-state index is -0.598. The minimum absolute atomic E-state index is 0.136. The molecule has 2 aromatic heterocycles. The highest BCUT2D eigenvalue weighted by Crippen LogP contribution is 2.39. The molecule has 0 saturated heterocycles. The molecule has 0 fully saturated rings. The van der Waals surface area contributed by atoms with E-state index in [1.807, 2.05) is 0 Å². The number of amides is 1. The van der Waals surface area contributed by atoms with Gasteiger partial charge in [0.1, 0.15) is 10.6 Å². The zero-order valence-corrected chi connectivity index (χ0v) is 16.5. The van der Waals surface area contributed by atoms with Crippen LogP contribution < -0.4 is 10.7 Å². The molecule has 0 atom stereocenters. The third-order valence-corrected chi connectivity index (χ3v) is 5.98. The first-order valence-electron chi connectivity index (χ1n) is 8.84. The summed E-state index contributed by atoms with van der Waals surface area (Å²) in [6.45, 7) is 1.98. The van der Waals surface area contributed by atoms with Gasteiger partial charge in [-0.05, 0) is 49.9 Å². The van der Waals surface area contributed by atoms with Crippen molar-refractivity contribution in [2.75, 3.05) is 11.9 Å². The van der Waals surface area contributed by atoms with Gasteiger partial charge < -0.3 is 14.5 Å². The predicted molar refractivity (Wildman–Crippen MR) is 108 cm³/mol. The highest BCUT2D eigenvalue weighted by atomic mass is 35.5. The number of anilines is 1. The van der Waals surface area contributed by atoms with Crippen molar-refractivity contribution in [3.63, 3.8) is 0 Å². The maximum atomic E-state index is 12.7. The molecule has 2 heterocycles. The number of hydrogen-bond acceptors (Lipinski definition) is 6. The number of thiophene rings is 1. The van der Waals surface area contributed by atoms with Gasteiger partial charge in [0.15, 0.2) is 11.2 Å². The van der Waals surface area contributed by atoms with Crippen LogP contribution >= 0.6 is 22.9 Å². The third kappa shape index (κ3) is 3.31. The molecule has 6 nitrogen and oxygen atoms in total. The Kier molecular flexibility index (Phi) is 4.95. The number of carbonyl (C=O) groups is 2. The number of nitrogens with one attached hydrogen (secondary N) is 1. The molecule has 3 aromatic rings. The quantitative estimate of drug-likeness (QED) is 0.635. The second-order valence-corrected chi connectivity index (χ2v) is 7.89. The Labute approximate surface area is 169 Å². The highest BCUT2D eigenvalue weighted by molar-refractivity contribution is 7.17. The highest BCUT2D eigenvalue weighted by Gasteiger charge is 2.29. The summed E-state index contributed by atoms with van der Waals surface area (Å²) in [5.74, 6) is -1.19. The summed E-state index contributed by atoms with van der Waals surface area (Å²) in [6.07, 6.45) is 2.62. The van der Waals surface area contributed by atoms with Crippen LogP contribution in [-0.2, 0) is 17.6 Å². The number of ether oxygens (including phenoxy) is 1. The standard InChI is InChI=1S/C20H16ClNO5S/c1-2-26-20(25)17-11-4-3-5-16(11)28-19(17)22-18(24)15-9-13(23)12-8-10(21)6-7-14(12)27-15/h6-9H,2-5H2,1H3,(H,22,24). The van der Waals surface area contributed by atoms with Crippen molar-refractivity contribution in [2.45, 2.75) is 26.2 Å². The number of hydrogen-bond donors (Lipinski definition) is 1. The number of carbonyl (C=O) groups excluding carboxylic acids is 2. The number of rotatable bonds is 4. The third-order valence-electron chi connectivity index (χ3n) is 4.54. The monoisotopic (exact) mass is 417 g/mol. The van der Waals surface area contributed by atoms with E-state index in [0.29, 0.717) is 21.0 Å². The van der Waals surface area contributed by atoms with Crippen LogP contribution in [0.2, 0.25) is 5.02 Å². The Morgan fingerprint density at radius 2 is 2.11 bits per heavy atom. The molecule has 0 spiro atoms. The van der Waals surface area contributed by atoms with Crippen LogP contribution in [0.25, 0.3) is 11.0 Å². The summed E-state index contributed by atoms with van der Waals surface area (Å²) in [7, 11) is 0. The Balaban J connectivity index is 1.70. The average molecular weight is 418 g/mol. The van der Waals surface area contributed by atoms with Gasteiger partial charge in [-0.3, -0.25) is 9.59 Å². The van der Waals surface area contributed by atoms with Gasteiger partial charge in [-0.1, -0.05) is 11.6 Å². The molecular weight excluding hydrogens is 402 g/mol. The molecule has 0 aliphatic heterocycles. The summed E-state index contributed by atoms with van der Waals surface area (Å²) < 4.78 is 10.7. The van der Waals surface area contributed by atoms with Crippen LogP contribution in [0.5, 0.6) is 0 Å². The number of halogens is 1. The van der Waals surface area contributed by atoms with Gasteiger partial charge in [0.25, 0.3) is 5.91 Å². The van der Waals surface area contributed by atoms with E-state index >= 15 is 0 Å². The molecule has 1 amide bonds. The zero-order valence-electron chi connectivity index (χ0n) is 15.0. The van der Waals surface area contributed by atoms with E-state index in [4.69, 9.17) is 20.8 Å². The van der Waals surface area contributed by atoms with Crippen molar-refractivity contribution in [3.8, 4) is 0 Å². The van der Waals surface area contributed by atoms with E-state index in [-0.39, 0.29) is 23.4 Å². The van der Waals surface area contributed by atoms with Crippen molar-refractivity contribution in [1.29, 1.82) is 0 Å². The van der Waals surface area contributed by atoms with Gasteiger partial charge in [-0.25, -0.2) is 4.79 Å². The molecule has 0 bridgehead atoms. The first kappa shape index (κ1) is 18.7. The molecule has 1 N–H and O–H groups in total. The molecule has 144 valence electrons. The molecule has 0 radical (unpaired) electrons. The first-order chi connectivity index (χ1) is 13.5. The summed E-state index contributed by atoms with van der Waals surface area (Å²) in [5.41, 5.74) is 1.24. The van der Waals surface area contributed by atoms with E-state index < -0.39 is 11.9 Å². The van der Waals surface area contributed by atoms with Gasteiger partial charge in [0.2, 0.25) is 0 Å². The molecule has 28 heavy (non-hydrogen) atoms. The number of aryl methyl sites for hydroxylation is 1. The van der Waals surface area contributed by atoms with Crippen molar-refractivity contribution >= 4 is 50.8 Å². The summed E-state index contributed by atoms with van der Waals surface area (Å²) in [5, 5.41) is 3.85. The van der Waals surface area contributed by atoms with Gasteiger partial charge in [0.05, 0.1) is 17.6 Å². The van der Waals surface area contributed by atoms with E-state index in [9.17, 15) is 14.4 Å². The molecule has 8 heteroatoms. The average Bonchev–Trinajstić information content (AvgIpc) is 3.22. The fourth-order valence-corrected chi connectivity index (χ4v) is 4.76. The van der Waals surface area contributed by atoms with E-state index in [0.717, 1.165) is 35.8 Å². The fraction of sp³-hybridized carbons (Fsp3) is 0.250. The number of esters is 1.